The lowest BCUT2D eigenvalue weighted by Gasteiger charge is -2.08. The third-order valence-electron chi connectivity index (χ3n) is 3.07. The Balaban J connectivity index is 1.88. The zero-order valence-electron chi connectivity index (χ0n) is 12.6. The van der Waals surface area contributed by atoms with E-state index in [2.05, 4.69) is 27.2 Å². The predicted molar refractivity (Wildman–Crippen MR) is 90.7 cm³/mol. The Labute approximate surface area is 135 Å². The van der Waals surface area contributed by atoms with Crippen molar-refractivity contribution in [2.75, 3.05) is 23.7 Å². The minimum absolute atomic E-state index is 0.114. The molecule has 0 atom stereocenters. The number of primary sulfonamides is 1. The summed E-state index contributed by atoms with van der Waals surface area (Å²) in [6, 6.07) is 8.32. The van der Waals surface area contributed by atoms with Gasteiger partial charge >= 0.3 is 0 Å². The Bertz CT molecular complexity index is 760. The van der Waals surface area contributed by atoms with Gasteiger partial charge in [0.2, 0.25) is 10.0 Å². The molecule has 4 N–H and O–H groups in total. The maximum atomic E-state index is 11.2. The van der Waals surface area contributed by atoms with Gasteiger partial charge in [-0.25, -0.2) is 23.5 Å². The summed E-state index contributed by atoms with van der Waals surface area (Å²) in [5.74, 6) is 1.44. The molecule has 0 aliphatic rings. The van der Waals surface area contributed by atoms with E-state index in [1.54, 1.807) is 18.2 Å². The maximum absolute atomic E-state index is 11.2. The van der Waals surface area contributed by atoms with Crippen LogP contribution in [0, 0.1) is 0 Å². The normalized spacial score (nSPS) is 11.0. The second-order valence-electron chi connectivity index (χ2n) is 4.82. The number of rotatable bonds is 8. The molecule has 0 aliphatic heterocycles. The van der Waals surface area contributed by atoms with Crippen LogP contribution >= 0.6 is 0 Å². The van der Waals surface area contributed by atoms with Crippen molar-refractivity contribution in [3.05, 3.63) is 54.9 Å². The number of benzene rings is 1. The summed E-state index contributed by atoms with van der Waals surface area (Å²) in [4.78, 5) is 8.35. The quantitative estimate of drug-likeness (QED) is 0.630. The standard InChI is InChI=1S/C15H19N5O2S/c1-2-8-17-14-10-15(20-11-19-14)18-9-7-12-3-5-13(6-4-12)23(16,21)22/h2-6,10-11H,1,7-9H2,(H2,16,21,22)(H2,17,18,19,20). The first-order chi connectivity index (χ1) is 11.0. The van der Waals surface area contributed by atoms with E-state index >= 15 is 0 Å². The van der Waals surface area contributed by atoms with Gasteiger partial charge in [0.15, 0.2) is 0 Å². The van der Waals surface area contributed by atoms with Gasteiger partial charge < -0.3 is 10.6 Å². The van der Waals surface area contributed by atoms with Gasteiger partial charge in [-0.05, 0) is 24.1 Å². The monoisotopic (exact) mass is 333 g/mol. The van der Waals surface area contributed by atoms with Gasteiger partial charge in [-0.2, -0.15) is 0 Å². The number of nitrogens with two attached hydrogens (primary N) is 1. The number of nitrogens with zero attached hydrogens (tertiary/aromatic N) is 2. The van der Waals surface area contributed by atoms with Crippen LogP contribution in [0.5, 0.6) is 0 Å². The number of sulfonamides is 1. The van der Waals surface area contributed by atoms with Crippen LogP contribution in [0.3, 0.4) is 0 Å². The molecule has 2 rings (SSSR count). The maximum Gasteiger partial charge on any atom is 0.238 e. The summed E-state index contributed by atoms with van der Waals surface area (Å²) in [6.45, 7) is 4.93. The molecule has 2 aromatic rings. The topological polar surface area (TPSA) is 110 Å². The predicted octanol–water partition coefficient (Wildman–Crippen LogP) is 1.38. The fourth-order valence-electron chi connectivity index (χ4n) is 1.91. The SMILES string of the molecule is C=CCNc1cc(NCCc2ccc(S(N)(=O)=O)cc2)ncn1. The van der Waals surface area contributed by atoms with Crippen LogP contribution in [0.15, 0.2) is 54.2 Å². The van der Waals surface area contributed by atoms with E-state index in [0.29, 0.717) is 18.9 Å². The van der Waals surface area contributed by atoms with Crippen molar-refractivity contribution >= 4 is 21.7 Å². The highest BCUT2D eigenvalue weighted by Crippen LogP contribution is 2.11. The second kappa shape index (κ2) is 7.70. The minimum atomic E-state index is -3.64. The summed E-state index contributed by atoms with van der Waals surface area (Å²) in [6.07, 6.45) is 3.96. The lowest BCUT2D eigenvalue weighted by Crippen LogP contribution is -2.12. The number of nitrogens with one attached hydrogen (secondary N) is 2. The first-order valence-electron chi connectivity index (χ1n) is 7.01. The van der Waals surface area contributed by atoms with Crippen molar-refractivity contribution in [3.8, 4) is 0 Å². The molecule has 0 aliphatic carbocycles. The first kappa shape index (κ1) is 16.9. The summed E-state index contributed by atoms with van der Waals surface area (Å²) >= 11 is 0. The molecule has 0 unspecified atom stereocenters. The molecule has 0 saturated heterocycles. The smallest absolute Gasteiger partial charge is 0.238 e. The summed E-state index contributed by atoms with van der Waals surface area (Å²) in [7, 11) is -3.64. The average Bonchev–Trinajstić information content (AvgIpc) is 2.53. The van der Waals surface area contributed by atoms with Crippen LogP contribution in [0.4, 0.5) is 11.6 Å². The Morgan fingerprint density at radius 2 is 1.78 bits per heavy atom. The van der Waals surface area contributed by atoms with E-state index < -0.39 is 10.0 Å². The highest BCUT2D eigenvalue weighted by molar-refractivity contribution is 7.89. The molecule has 122 valence electrons. The Morgan fingerprint density at radius 1 is 1.13 bits per heavy atom. The van der Waals surface area contributed by atoms with E-state index in [1.807, 2.05) is 6.07 Å². The summed E-state index contributed by atoms with van der Waals surface area (Å²) in [5, 5.41) is 11.3. The third kappa shape index (κ3) is 5.35. The van der Waals surface area contributed by atoms with Gasteiger partial charge in [-0.15, -0.1) is 6.58 Å². The van der Waals surface area contributed by atoms with Crippen LogP contribution in [-0.4, -0.2) is 31.5 Å². The van der Waals surface area contributed by atoms with E-state index in [4.69, 9.17) is 5.14 Å². The van der Waals surface area contributed by atoms with Gasteiger partial charge in [0.1, 0.15) is 18.0 Å². The minimum Gasteiger partial charge on any atom is -0.370 e. The number of hydrogen-bond acceptors (Lipinski definition) is 6. The zero-order valence-corrected chi connectivity index (χ0v) is 13.4. The highest BCUT2D eigenvalue weighted by Gasteiger charge is 2.06. The van der Waals surface area contributed by atoms with Crippen LogP contribution in [0.2, 0.25) is 0 Å². The van der Waals surface area contributed by atoms with Crippen LogP contribution in [0.1, 0.15) is 5.56 Å². The van der Waals surface area contributed by atoms with Crippen LogP contribution in [-0.2, 0) is 16.4 Å². The van der Waals surface area contributed by atoms with E-state index in [0.717, 1.165) is 17.8 Å². The Kier molecular flexibility index (Phi) is 5.67. The average molecular weight is 333 g/mol. The van der Waals surface area contributed by atoms with Crippen LogP contribution in [0.25, 0.3) is 0 Å². The fraction of sp³-hybridized carbons (Fsp3) is 0.200. The van der Waals surface area contributed by atoms with Crippen LogP contribution < -0.4 is 15.8 Å². The van der Waals surface area contributed by atoms with Crippen molar-refractivity contribution in [2.24, 2.45) is 5.14 Å². The third-order valence-corrected chi connectivity index (χ3v) is 4.00. The van der Waals surface area contributed by atoms with Crippen molar-refractivity contribution in [2.45, 2.75) is 11.3 Å². The van der Waals surface area contributed by atoms with E-state index in [9.17, 15) is 8.42 Å². The summed E-state index contributed by atoms with van der Waals surface area (Å²) < 4.78 is 22.4. The molecule has 7 nitrogen and oxygen atoms in total. The van der Waals surface area contributed by atoms with Gasteiger partial charge in [-0.1, -0.05) is 18.2 Å². The van der Waals surface area contributed by atoms with E-state index in [1.165, 1.54) is 18.5 Å². The molecule has 8 heteroatoms. The van der Waals surface area contributed by atoms with Crippen molar-refractivity contribution < 1.29 is 8.42 Å². The highest BCUT2D eigenvalue weighted by atomic mass is 32.2. The lowest BCUT2D eigenvalue weighted by atomic mass is 10.1. The molecule has 23 heavy (non-hydrogen) atoms. The molecule has 1 aromatic carbocycles. The Morgan fingerprint density at radius 3 is 2.39 bits per heavy atom. The summed E-state index contributed by atoms with van der Waals surface area (Å²) in [5.41, 5.74) is 1.00. The molecule has 1 aromatic heterocycles. The van der Waals surface area contributed by atoms with E-state index in [-0.39, 0.29) is 4.90 Å². The molecular weight excluding hydrogens is 314 g/mol. The number of aromatic nitrogens is 2. The largest absolute Gasteiger partial charge is 0.370 e. The van der Waals surface area contributed by atoms with Gasteiger partial charge in [0.05, 0.1) is 4.90 Å². The molecule has 0 radical (unpaired) electrons. The van der Waals surface area contributed by atoms with Gasteiger partial charge in [0.25, 0.3) is 0 Å². The second-order valence-corrected chi connectivity index (χ2v) is 6.39. The molecule has 1 heterocycles. The molecule has 0 saturated carbocycles. The first-order valence-corrected chi connectivity index (χ1v) is 8.56. The van der Waals surface area contributed by atoms with Gasteiger partial charge in [-0.3, -0.25) is 0 Å². The van der Waals surface area contributed by atoms with Crippen molar-refractivity contribution in [1.82, 2.24) is 9.97 Å². The lowest BCUT2D eigenvalue weighted by molar-refractivity contribution is 0.598. The molecule has 0 spiro atoms. The van der Waals surface area contributed by atoms with Crippen molar-refractivity contribution in [1.29, 1.82) is 0 Å². The molecule has 0 bridgehead atoms. The van der Waals surface area contributed by atoms with Gasteiger partial charge in [0, 0.05) is 19.2 Å². The fourth-order valence-corrected chi connectivity index (χ4v) is 2.42. The Hall–Kier alpha value is -2.45. The number of hydrogen-bond donors (Lipinski definition) is 3. The van der Waals surface area contributed by atoms with Crippen molar-refractivity contribution in [3.63, 3.8) is 0 Å². The molecule has 0 amide bonds. The zero-order chi connectivity index (χ0) is 16.7. The molecular formula is C15H19N5O2S. The molecule has 0 fully saturated rings. The number of anilines is 2.